The van der Waals surface area contributed by atoms with Crippen molar-refractivity contribution in [3.63, 3.8) is 0 Å². The number of rotatable bonds is 4. The van der Waals surface area contributed by atoms with Crippen molar-refractivity contribution < 1.29 is 9.90 Å². The number of benzene rings is 1. The van der Waals surface area contributed by atoms with E-state index < -0.39 is 5.97 Å². The summed E-state index contributed by atoms with van der Waals surface area (Å²) in [6.45, 7) is 6.10. The van der Waals surface area contributed by atoms with Crippen LogP contribution in [0.4, 0.5) is 5.69 Å². The van der Waals surface area contributed by atoms with Crippen LogP contribution in [0.3, 0.4) is 0 Å². The number of carbonyl (C=O) groups is 1. The molecule has 4 rings (SSSR count). The molecule has 1 aliphatic rings. The van der Waals surface area contributed by atoms with Gasteiger partial charge in [0.15, 0.2) is 0 Å². The number of hydrogen-bond donors (Lipinski definition) is 1. The van der Waals surface area contributed by atoms with Crippen LogP contribution in [0.5, 0.6) is 0 Å². The van der Waals surface area contributed by atoms with E-state index in [9.17, 15) is 9.90 Å². The Morgan fingerprint density at radius 1 is 1.21 bits per heavy atom. The zero-order valence-corrected chi connectivity index (χ0v) is 19.2. The van der Waals surface area contributed by atoms with Crippen LogP contribution in [0, 0.1) is 20.8 Å². The van der Waals surface area contributed by atoms with E-state index >= 15 is 0 Å². The van der Waals surface area contributed by atoms with Gasteiger partial charge in [0, 0.05) is 32.5 Å². The van der Waals surface area contributed by atoms with E-state index in [0.717, 1.165) is 68.9 Å². The van der Waals surface area contributed by atoms with Crippen molar-refractivity contribution in [2.75, 3.05) is 0 Å². The predicted molar refractivity (Wildman–Crippen MR) is 123 cm³/mol. The Bertz CT molecular complexity index is 1140. The molecule has 0 unspecified atom stereocenters. The van der Waals surface area contributed by atoms with Crippen molar-refractivity contribution >= 4 is 45.1 Å². The van der Waals surface area contributed by atoms with Gasteiger partial charge in [-0.05, 0) is 81.8 Å². The lowest BCUT2D eigenvalue weighted by molar-refractivity contribution is 0.0696. The second-order valence-electron chi connectivity index (χ2n) is 7.55. The van der Waals surface area contributed by atoms with Gasteiger partial charge in [0.1, 0.15) is 5.00 Å². The summed E-state index contributed by atoms with van der Waals surface area (Å²) in [7, 11) is 0. The Balaban J connectivity index is 1.77. The third-order valence-electron chi connectivity index (χ3n) is 5.53. The Morgan fingerprint density at radius 2 is 1.97 bits per heavy atom. The number of hydrogen-bond acceptors (Lipinski definition) is 3. The van der Waals surface area contributed by atoms with Gasteiger partial charge >= 0.3 is 5.97 Å². The molecular formula is C23H23BrN2O2S. The molecule has 0 amide bonds. The Hall–Kier alpha value is -2.18. The average molecular weight is 471 g/mol. The second kappa shape index (κ2) is 7.92. The number of carboxylic acids is 1. The highest BCUT2D eigenvalue weighted by atomic mass is 79.9. The molecule has 1 aliphatic carbocycles. The van der Waals surface area contributed by atoms with Crippen LogP contribution in [0.2, 0.25) is 0 Å². The summed E-state index contributed by atoms with van der Waals surface area (Å²) in [5.41, 5.74) is 6.60. The molecule has 0 bridgehead atoms. The van der Waals surface area contributed by atoms with Crippen LogP contribution >= 0.6 is 27.3 Å². The molecule has 1 N–H and O–H groups in total. The molecule has 6 heteroatoms. The molecule has 2 aromatic heterocycles. The van der Waals surface area contributed by atoms with Crippen molar-refractivity contribution in [2.45, 2.75) is 46.5 Å². The van der Waals surface area contributed by atoms with Gasteiger partial charge in [-0.3, -0.25) is 4.99 Å². The normalized spacial score (nSPS) is 13.8. The van der Waals surface area contributed by atoms with Crippen LogP contribution in [-0.2, 0) is 12.8 Å². The molecule has 0 fully saturated rings. The van der Waals surface area contributed by atoms with Gasteiger partial charge in [0.25, 0.3) is 0 Å². The van der Waals surface area contributed by atoms with Crippen molar-refractivity contribution in [3.8, 4) is 5.00 Å². The first-order chi connectivity index (χ1) is 13.9. The number of halogens is 1. The largest absolute Gasteiger partial charge is 0.478 e. The minimum absolute atomic E-state index is 0.485. The quantitative estimate of drug-likeness (QED) is 0.439. The van der Waals surface area contributed by atoms with Crippen molar-refractivity contribution in [3.05, 3.63) is 67.3 Å². The van der Waals surface area contributed by atoms with Gasteiger partial charge in [-0.15, -0.1) is 11.3 Å². The van der Waals surface area contributed by atoms with Crippen LogP contribution < -0.4 is 0 Å². The highest BCUT2D eigenvalue weighted by Crippen LogP contribution is 2.38. The molecule has 0 spiro atoms. The molecule has 0 aliphatic heterocycles. The number of aliphatic imine (C=N–C) groups is 1. The van der Waals surface area contributed by atoms with Gasteiger partial charge in [-0.2, -0.15) is 0 Å². The second-order valence-corrected chi connectivity index (χ2v) is 9.49. The molecule has 150 valence electrons. The Morgan fingerprint density at radius 3 is 2.69 bits per heavy atom. The number of aromatic carboxylic acids is 1. The van der Waals surface area contributed by atoms with Crippen molar-refractivity contribution in [1.29, 1.82) is 0 Å². The molecule has 0 saturated heterocycles. The van der Waals surface area contributed by atoms with E-state index in [1.165, 1.54) is 4.88 Å². The summed E-state index contributed by atoms with van der Waals surface area (Å²) in [6.07, 6.45) is 5.92. The maximum Gasteiger partial charge on any atom is 0.339 e. The number of carboxylic acid groups (broad SMARTS) is 1. The number of aromatic nitrogens is 1. The number of aryl methyl sites for hydroxylation is 3. The van der Waals surface area contributed by atoms with E-state index in [-0.39, 0.29) is 0 Å². The summed E-state index contributed by atoms with van der Waals surface area (Å²) in [5, 5.41) is 10.8. The first-order valence-corrected chi connectivity index (χ1v) is 11.3. The van der Waals surface area contributed by atoms with Crippen molar-refractivity contribution in [2.24, 2.45) is 4.99 Å². The van der Waals surface area contributed by atoms with Crippen LogP contribution in [-0.4, -0.2) is 21.9 Å². The van der Waals surface area contributed by atoms with Gasteiger partial charge in [0.2, 0.25) is 0 Å². The summed E-state index contributed by atoms with van der Waals surface area (Å²) in [5.74, 6) is -0.826. The van der Waals surface area contributed by atoms with Gasteiger partial charge in [-0.1, -0.05) is 15.9 Å². The average Bonchev–Trinajstić information content (AvgIpc) is 3.19. The smallest absolute Gasteiger partial charge is 0.339 e. The van der Waals surface area contributed by atoms with Crippen LogP contribution in [0.15, 0.2) is 33.7 Å². The zero-order chi connectivity index (χ0) is 20.7. The maximum absolute atomic E-state index is 12.1. The molecule has 1 aromatic carbocycles. The predicted octanol–water partition coefficient (Wildman–Crippen LogP) is 6.55. The molecule has 0 radical (unpaired) electrons. The Labute approximate surface area is 183 Å². The SMILES string of the molecule is Cc1cc(N=Cc2cc(C)n(-c3sc4c(c3C(=O)O)CCCC4)c2C)ccc1Br. The first kappa shape index (κ1) is 20.1. The van der Waals surface area contributed by atoms with Gasteiger partial charge < -0.3 is 9.67 Å². The fraction of sp³-hybridized carbons (Fsp3) is 0.304. The fourth-order valence-corrected chi connectivity index (χ4v) is 5.75. The molecule has 2 heterocycles. The lowest BCUT2D eigenvalue weighted by Gasteiger charge is -2.11. The molecule has 4 nitrogen and oxygen atoms in total. The molecule has 0 saturated carbocycles. The van der Waals surface area contributed by atoms with Gasteiger partial charge in [0.05, 0.1) is 11.3 Å². The molecular weight excluding hydrogens is 448 g/mol. The van der Waals surface area contributed by atoms with E-state index in [4.69, 9.17) is 0 Å². The topological polar surface area (TPSA) is 54.6 Å². The monoisotopic (exact) mass is 470 g/mol. The third-order valence-corrected chi connectivity index (χ3v) is 7.70. The summed E-state index contributed by atoms with van der Waals surface area (Å²) < 4.78 is 3.15. The number of nitrogens with zero attached hydrogens (tertiary/aromatic N) is 2. The van der Waals surface area contributed by atoms with E-state index in [2.05, 4.69) is 31.6 Å². The number of fused-ring (bicyclic) bond motifs is 1. The maximum atomic E-state index is 12.1. The Kier molecular flexibility index (Phi) is 5.49. The summed E-state index contributed by atoms with van der Waals surface area (Å²) in [4.78, 5) is 18.0. The number of thiophene rings is 1. The molecule has 3 aromatic rings. The first-order valence-electron chi connectivity index (χ1n) is 9.74. The van der Waals surface area contributed by atoms with E-state index in [1.807, 2.05) is 45.2 Å². The highest BCUT2D eigenvalue weighted by molar-refractivity contribution is 9.10. The fourth-order valence-electron chi connectivity index (χ4n) is 4.01. The summed E-state index contributed by atoms with van der Waals surface area (Å²) in [6, 6.07) is 8.09. The zero-order valence-electron chi connectivity index (χ0n) is 16.8. The van der Waals surface area contributed by atoms with Gasteiger partial charge in [-0.25, -0.2) is 4.79 Å². The standard InChI is InChI=1S/C23H23BrN2O2S/c1-13-10-17(8-9-19(13)24)25-12-16-11-14(2)26(15(16)3)22-21(23(27)28)18-6-4-5-7-20(18)29-22/h8-12H,4-7H2,1-3H3,(H,27,28). The molecule has 0 atom stereocenters. The lowest BCUT2D eigenvalue weighted by Crippen LogP contribution is -2.09. The minimum atomic E-state index is -0.826. The van der Waals surface area contributed by atoms with Crippen LogP contribution in [0.25, 0.3) is 5.00 Å². The third kappa shape index (κ3) is 3.71. The minimum Gasteiger partial charge on any atom is -0.478 e. The summed E-state index contributed by atoms with van der Waals surface area (Å²) >= 11 is 5.15. The highest BCUT2D eigenvalue weighted by Gasteiger charge is 2.27. The van der Waals surface area contributed by atoms with Crippen molar-refractivity contribution in [1.82, 2.24) is 4.57 Å². The molecule has 29 heavy (non-hydrogen) atoms. The van der Waals surface area contributed by atoms with E-state index in [1.54, 1.807) is 11.3 Å². The van der Waals surface area contributed by atoms with E-state index in [0.29, 0.717) is 5.56 Å². The van der Waals surface area contributed by atoms with Crippen LogP contribution in [0.1, 0.15) is 56.2 Å². The lowest BCUT2D eigenvalue weighted by atomic mass is 9.95.